The largest absolute Gasteiger partial charge is 0.494 e. The van der Waals surface area contributed by atoms with E-state index in [-0.39, 0.29) is 24.4 Å². The number of nitrogens with one attached hydrogen (secondary N) is 1. The van der Waals surface area contributed by atoms with Crippen LogP contribution in [0.5, 0.6) is 5.75 Å². The minimum atomic E-state index is -0.517. The first-order valence-electron chi connectivity index (χ1n) is 8.50. The Labute approximate surface area is 182 Å². The first-order valence-corrected chi connectivity index (χ1v) is 10.1. The third-order valence-electron chi connectivity index (χ3n) is 4.12. The van der Waals surface area contributed by atoms with Crippen LogP contribution in [0.15, 0.2) is 43.7 Å². The third kappa shape index (κ3) is 4.23. The lowest BCUT2D eigenvalue weighted by molar-refractivity contribution is -0.384. The van der Waals surface area contributed by atoms with Gasteiger partial charge < -0.3 is 19.2 Å². The van der Waals surface area contributed by atoms with E-state index >= 15 is 0 Å². The molecule has 0 aliphatic carbocycles. The molecule has 152 valence electrons. The second-order valence-corrected chi connectivity index (χ2v) is 7.50. The molecule has 8 nitrogen and oxygen atoms in total. The lowest BCUT2D eigenvalue weighted by Crippen LogP contribution is -2.09. The van der Waals surface area contributed by atoms with Gasteiger partial charge in [0.25, 0.3) is 5.69 Å². The number of carbonyl (C=O) groups is 1. The minimum absolute atomic E-state index is 0.00706. The molecule has 2 aromatic carbocycles. The number of anilines is 1. The summed E-state index contributed by atoms with van der Waals surface area (Å²) in [6.07, 6.45) is 0. The van der Waals surface area contributed by atoms with E-state index in [1.807, 2.05) is 0 Å². The van der Waals surface area contributed by atoms with Crippen LogP contribution in [0.2, 0.25) is 0 Å². The molecule has 0 radical (unpaired) electrons. The van der Waals surface area contributed by atoms with Crippen LogP contribution in [-0.4, -0.2) is 24.6 Å². The number of esters is 1. The molecule has 0 fully saturated rings. The van der Waals surface area contributed by atoms with Crippen LogP contribution < -0.4 is 10.1 Å². The fraction of sp³-hybridized carbons (Fsp3) is 0.211. The Morgan fingerprint density at radius 3 is 2.55 bits per heavy atom. The Kier molecular flexibility index (Phi) is 6.43. The molecule has 0 spiro atoms. The van der Waals surface area contributed by atoms with E-state index in [9.17, 15) is 14.9 Å². The van der Waals surface area contributed by atoms with Gasteiger partial charge in [0.05, 0.1) is 39.5 Å². The predicted molar refractivity (Wildman–Crippen MR) is 115 cm³/mol. The van der Waals surface area contributed by atoms with E-state index in [2.05, 4.69) is 37.2 Å². The SMILES string of the molecule is CCOC(=O)c1c(CNc2ccc([N+](=O)[O-])cc2)oc2cc(Br)c(OC)c(Br)c12. The molecule has 0 saturated heterocycles. The molecule has 0 amide bonds. The van der Waals surface area contributed by atoms with Crippen molar-refractivity contribution in [1.82, 2.24) is 0 Å². The zero-order valence-corrected chi connectivity index (χ0v) is 18.6. The van der Waals surface area contributed by atoms with Gasteiger partial charge in [0.2, 0.25) is 0 Å². The molecular formula is C19H16Br2N2O6. The van der Waals surface area contributed by atoms with Gasteiger partial charge in [0, 0.05) is 17.8 Å². The zero-order valence-electron chi connectivity index (χ0n) is 15.5. The second-order valence-electron chi connectivity index (χ2n) is 5.86. The molecule has 1 N–H and O–H groups in total. The van der Waals surface area contributed by atoms with Crippen LogP contribution in [0.1, 0.15) is 23.0 Å². The summed E-state index contributed by atoms with van der Waals surface area (Å²) in [6, 6.07) is 7.68. The van der Waals surface area contributed by atoms with Gasteiger partial charge in [0.1, 0.15) is 22.7 Å². The summed E-state index contributed by atoms with van der Waals surface area (Å²) in [4.78, 5) is 23.0. The van der Waals surface area contributed by atoms with Crippen molar-refractivity contribution in [3.8, 4) is 5.75 Å². The summed E-state index contributed by atoms with van der Waals surface area (Å²) >= 11 is 6.91. The number of hydrogen-bond donors (Lipinski definition) is 1. The van der Waals surface area contributed by atoms with Gasteiger partial charge in [-0.2, -0.15) is 0 Å². The highest BCUT2D eigenvalue weighted by Crippen LogP contribution is 2.43. The maximum absolute atomic E-state index is 12.7. The van der Waals surface area contributed by atoms with Gasteiger partial charge in [0.15, 0.2) is 0 Å². The maximum atomic E-state index is 12.7. The summed E-state index contributed by atoms with van der Waals surface area (Å²) in [6.45, 7) is 2.11. The van der Waals surface area contributed by atoms with Gasteiger partial charge >= 0.3 is 5.97 Å². The molecule has 0 saturated carbocycles. The maximum Gasteiger partial charge on any atom is 0.342 e. The highest BCUT2D eigenvalue weighted by Gasteiger charge is 2.26. The van der Waals surface area contributed by atoms with Crippen molar-refractivity contribution in [3.63, 3.8) is 0 Å². The monoisotopic (exact) mass is 526 g/mol. The molecular weight excluding hydrogens is 512 g/mol. The van der Waals surface area contributed by atoms with Crippen LogP contribution in [0.3, 0.4) is 0 Å². The van der Waals surface area contributed by atoms with Gasteiger partial charge in [-0.25, -0.2) is 4.79 Å². The molecule has 0 atom stereocenters. The summed E-state index contributed by atoms with van der Waals surface area (Å²) < 4.78 is 17.8. The first-order chi connectivity index (χ1) is 13.9. The molecule has 0 aliphatic heterocycles. The average molecular weight is 528 g/mol. The number of rotatable bonds is 7. The highest BCUT2D eigenvalue weighted by atomic mass is 79.9. The third-order valence-corrected chi connectivity index (χ3v) is 5.46. The van der Waals surface area contributed by atoms with Crippen molar-refractivity contribution < 1.29 is 23.6 Å². The fourth-order valence-corrected chi connectivity index (χ4v) is 4.43. The van der Waals surface area contributed by atoms with Crippen LogP contribution >= 0.6 is 31.9 Å². The fourth-order valence-electron chi connectivity index (χ4n) is 2.83. The molecule has 3 rings (SSSR count). The lowest BCUT2D eigenvalue weighted by atomic mass is 10.1. The number of nitro groups is 1. The number of ether oxygens (including phenoxy) is 2. The van der Waals surface area contributed by atoms with E-state index in [0.29, 0.717) is 37.1 Å². The standard InChI is InChI=1S/C19H16Br2N2O6/c1-3-28-19(24)16-14(9-22-10-4-6-11(7-5-10)23(25)26)29-13-8-12(20)18(27-2)17(21)15(13)16/h4-8,22H,3,9H2,1-2H3. The number of fused-ring (bicyclic) bond motifs is 1. The van der Waals surface area contributed by atoms with Gasteiger partial charge in [-0.3, -0.25) is 10.1 Å². The smallest absolute Gasteiger partial charge is 0.342 e. The minimum Gasteiger partial charge on any atom is -0.494 e. The zero-order chi connectivity index (χ0) is 21.1. The van der Waals surface area contributed by atoms with Crippen LogP contribution in [0, 0.1) is 10.1 Å². The van der Waals surface area contributed by atoms with Crippen molar-refractivity contribution in [3.05, 3.63) is 60.7 Å². The van der Waals surface area contributed by atoms with Crippen LogP contribution in [-0.2, 0) is 11.3 Å². The Hall–Kier alpha value is -2.59. The van der Waals surface area contributed by atoms with Crippen molar-refractivity contribution in [1.29, 1.82) is 0 Å². The number of benzene rings is 2. The van der Waals surface area contributed by atoms with Crippen molar-refractivity contribution in [2.24, 2.45) is 0 Å². The number of furan rings is 1. The van der Waals surface area contributed by atoms with Crippen LogP contribution in [0.25, 0.3) is 11.0 Å². The lowest BCUT2D eigenvalue weighted by Gasteiger charge is -2.08. The van der Waals surface area contributed by atoms with Crippen molar-refractivity contribution in [2.75, 3.05) is 19.0 Å². The molecule has 1 aromatic heterocycles. The summed E-state index contributed by atoms with van der Waals surface area (Å²) in [5.41, 5.74) is 1.40. The number of non-ortho nitro benzene ring substituents is 1. The summed E-state index contributed by atoms with van der Waals surface area (Å²) in [7, 11) is 1.53. The highest BCUT2D eigenvalue weighted by molar-refractivity contribution is 9.11. The Balaban J connectivity index is 2.01. The summed E-state index contributed by atoms with van der Waals surface area (Å²) in [5, 5.41) is 14.4. The predicted octanol–water partition coefficient (Wildman–Crippen LogP) is 5.66. The molecule has 10 heteroatoms. The number of halogens is 2. The number of hydrogen-bond acceptors (Lipinski definition) is 7. The molecule has 1 heterocycles. The molecule has 29 heavy (non-hydrogen) atoms. The Bertz CT molecular complexity index is 1080. The molecule has 3 aromatic rings. The average Bonchev–Trinajstić information content (AvgIpc) is 3.05. The quantitative estimate of drug-likeness (QED) is 0.240. The van der Waals surface area contributed by atoms with E-state index in [0.717, 1.165) is 0 Å². The summed E-state index contributed by atoms with van der Waals surface area (Å²) in [5.74, 6) is 0.383. The van der Waals surface area contributed by atoms with E-state index in [1.165, 1.54) is 19.2 Å². The number of methoxy groups -OCH3 is 1. The van der Waals surface area contributed by atoms with Gasteiger partial charge in [-0.05, 0) is 57.0 Å². The topological polar surface area (TPSA) is 104 Å². The van der Waals surface area contributed by atoms with Crippen molar-refractivity contribution in [2.45, 2.75) is 13.5 Å². The Morgan fingerprint density at radius 2 is 1.97 bits per heavy atom. The van der Waals surface area contributed by atoms with Crippen molar-refractivity contribution >= 4 is 60.2 Å². The number of nitrogens with zero attached hydrogens (tertiary/aromatic N) is 1. The molecule has 0 bridgehead atoms. The Morgan fingerprint density at radius 1 is 1.28 bits per heavy atom. The number of nitro benzene ring substituents is 1. The molecule has 0 aliphatic rings. The first kappa shape index (κ1) is 21.1. The normalized spacial score (nSPS) is 10.8. The van der Waals surface area contributed by atoms with E-state index in [1.54, 1.807) is 25.1 Å². The van der Waals surface area contributed by atoms with Gasteiger partial charge in [-0.15, -0.1) is 0 Å². The second kappa shape index (κ2) is 8.83. The van der Waals surface area contributed by atoms with Crippen LogP contribution in [0.4, 0.5) is 11.4 Å². The van der Waals surface area contributed by atoms with Gasteiger partial charge in [-0.1, -0.05) is 0 Å². The van der Waals surface area contributed by atoms with E-state index < -0.39 is 10.9 Å². The molecule has 0 unspecified atom stereocenters. The van der Waals surface area contributed by atoms with E-state index in [4.69, 9.17) is 13.9 Å². The number of carbonyl (C=O) groups excluding carboxylic acids is 1.